The van der Waals surface area contributed by atoms with Crippen molar-refractivity contribution in [3.8, 4) is 0 Å². The third-order valence-corrected chi connectivity index (χ3v) is 7.09. The number of anilines is 3. The Hall–Kier alpha value is -2.17. The molecule has 2 aromatic rings. The molecule has 0 spiro atoms. The maximum atomic E-state index is 5.00. The lowest BCUT2D eigenvalue weighted by atomic mass is 9.96. The molecule has 2 aliphatic rings. The monoisotopic (exact) mass is 435 g/mol. The molecule has 2 fully saturated rings. The standard InChI is InChI=1S/C27H41N5/c1-2-6-11-17-22(16-10-5-1)25-30-26(28-23-18-12-7-3-4-8-13-19-23)32-27(31-25)29-24-20-14-9-15-21-24/h9,14-15,20-23H,1-8,10-13,16-19H2,(H2,28,29,30,31,32). The lowest BCUT2D eigenvalue weighted by Crippen LogP contribution is -2.22. The van der Waals surface area contributed by atoms with Crippen LogP contribution in [0.1, 0.15) is 114 Å². The molecule has 174 valence electrons. The minimum Gasteiger partial charge on any atom is -0.351 e. The van der Waals surface area contributed by atoms with Crippen LogP contribution in [0.2, 0.25) is 0 Å². The van der Waals surface area contributed by atoms with E-state index in [1.807, 2.05) is 18.2 Å². The van der Waals surface area contributed by atoms with Crippen LogP contribution in [0.5, 0.6) is 0 Å². The third kappa shape index (κ3) is 7.46. The van der Waals surface area contributed by atoms with Gasteiger partial charge < -0.3 is 10.6 Å². The molecule has 5 heteroatoms. The summed E-state index contributed by atoms with van der Waals surface area (Å²) < 4.78 is 0. The van der Waals surface area contributed by atoms with Gasteiger partial charge in [-0.15, -0.1) is 0 Å². The number of nitrogens with one attached hydrogen (secondary N) is 2. The van der Waals surface area contributed by atoms with Gasteiger partial charge in [0.05, 0.1) is 0 Å². The molecule has 2 N–H and O–H groups in total. The maximum absolute atomic E-state index is 5.00. The Morgan fingerprint density at radius 1 is 0.562 bits per heavy atom. The van der Waals surface area contributed by atoms with Gasteiger partial charge in [-0.1, -0.05) is 95.2 Å². The highest BCUT2D eigenvalue weighted by atomic mass is 15.2. The smallest absolute Gasteiger partial charge is 0.232 e. The van der Waals surface area contributed by atoms with E-state index in [-0.39, 0.29) is 0 Å². The topological polar surface area (TPSA) is 62.7 Å². The fourth-order valence-electron chi connectivity index (χ4n) is 5.20. The number of para-hydroxylation sites is 1. The highest BCUT2D eigenvalue weighted by Crippen LogP contribution is 2.30. The summed E-state index contributed by atoms with van der Waals surface area (Å²) in [5.41, 5.74) is 1.02. The van der Waals surface area contributed by atoms with E-state index < -0.39 is 0 Å². The molecular weight excluding hydrogens is 394 g/mol. The van der Waals surface area contributed by atoms with Gasteiger partial charge in [-0.3, -0.25) is 0 Å². The molecule has 32 heavy (non-hydrogen) atoms. The molecular formula is C27H41N5. The number of rotatable bonds is 5. The highest BCUT2D eigenvalue weighted by Gasteiger charge is 2.20. The molecule has 0 amide bonds. The van der Waals surface area contributed by atoms with Crippen LogP contribution in [0.15, 0.2) is 30.3 Å². The Bertz CT molecular complexity index is 774. The Balaban J connectivity index is 1.55. The first-order valence-electron chi connectivity index (χ1n) is 13.2. The summed E-state index contributed by atoms with van der Waals surface area (Å²) in [6.45, 7) is 0. The second-order valence-corrected chi connectivity index (χ2v) is 9.77. The normalized spacial score (nSPS) is 20.1. The van der Waals surface area contributed by atoms with Crippen LogP contribution in [-0.4, -0.2) is 21.0 Å². The van der Waals surface area contributed by atoms with Crippen LogP contribution < -0.4 is 10.6 Å². The first-order chi connectivity index (χ1) is 15.9. The Morgan fingerprint density at radius 3 is 1.72 bits per heavy atom. The van der Waals surface area contributed by atoms with Crippen LogP contribution in [0.4, 0.5) is 17.6 Å². The molecule has 1 aromatic carbocycles. The van der Waals surface area contributed by atoms with Gasteiger partial charge >= 0.3 is 0 Å². The third-order valence-electron chi connectivity index (χ3n) is 7.09. The lowest BCUT2D eigenvalue weighted by Gasteiger charge is -2.21. The number of nitrogens with zero attached hydrogens (tertiary/aromatic N) is 3. The molecule has 4 rings (SSSR count). The maximum Gasteiger partial charge on any atom is 0.232 e. The van der Waals surface area contributed by atoms with E-state index in [1.54, 1.807) is 0 Å². The first-order valence-corrected chi connectivity index (χ1v) is 13.2. The minimum atomic E-state index is 0.438. The van der Waals surface area contributed by atoms with Crippen molar-refractivity contribution in [2.24, 2.45) is 0 Å². The number of hydrogen-bond donors (Lipinski definition) is 2. The molecule has 0 saturated heterocycles. The fraction of sp³-hybridized carbons (Fsp3) is 0.667. The molecule has 0 unspecified atom stereocenters. The second-order valence-electron chi connectivity index (χ2n) is 9.77. The van der Waals surface area contributed by atoms with Crippen LogP contribution in [0.3, 0.4) is 0 Å². The largest absolute Gasteiger partial charge is 0.351 e. The van der Waals surface area contributed by atoms with Crippen molar-refractivity contribution < 1.29 is 0 Å². The quantitative estimate of drug-likeness (QED) is 0.502. The molecule has 2 aliphatic carbocycles. The number of aromatic nitrogens is 3. The van der Waals surface area contributed by atoms with Gasteiger partial charge in [-0.05, 0) is 37.8 Å². The molecule has 0 bridgehead atoms. The van der Waals surface area contributed by atoms with Crippen LogP contribution in [0.25, 0.3) is 0 Å². The van der Waals surface area contributed by atoms with E-state index in [4.69, 9.17) is 15.0 Å². The number of hydrogen-bond acceptors (Lipinski definition) is 5. The van der Waals surface area contributed by atoms with E-state index in [0.717, 1.165) is 17.5 Å². The van der Waals surface area contributed by atoms with Crippen molar-refractivity contribution in [1.82, 2.24) is 15.0 Å². The van der Waals surface area contributed by atoms with Crippen molar-refractivity contribution in [3.63, 3.8) is 0 Å². The van der Waals surface area contributed by atoms with Crippen molar-refractivity contribution in [2.45, 2.75) is 115 Å². The van der Waals surface area contributed by atoms with Gasteiger partial charge in [0.15, 0.2) is 0 Å². The van der Waals surface area contributed by atoms with Gasteiger partial charge in [0.25, 0.3) is 0 Å². The first kappa shape index (κ1) is 23.0. The molecule has 0 aliphatic heterocycles. The van der Waals surface area contributed by atoms with Crippen molar-refractivity contribution in [3.05, 3.63) is 36.2 Å². The van der Waals surface area contributed by atoms with Gasteiger partial charge in [0.1, 0.15) is 5.82 Å². The lowest BCUT2D eigenvalue weighted by molar-refractivity contribution is 0.513. The van der Waals surface area contributed by atoms with E-state index in [1.165, 1.54) is 103 Å². The minimum absolute atomic E-state index is 0.438. The molecule has 5 nitrogen and oxygen atoms in total. The van der Waals surface area contributed by atoms with Gasteiger partial charge in [0.2, 0.25) is 11.9 Å². The average molecular weight is 436 g/mol. The van der Waals surface area contributed by atoms with E-state index in [2.05, 4.69) is 22.8 Å². The van der Waals surface area contributed by atoms with Gasteiger partial charge in [-0.2, -0.15) is 15.0 Å². The summed E-state index contributed by atoms with van der Waals surface area (Å²) >= 11 is 0. The predicted octanol–water partition coefficient (Wildman–Crippen LogP) is 7.75. The molecule has 2 saturated carbocycles. The molecule has 0 radical (unpaired) electrons. The average Bonchev–Trinajstić information content (AvgIpc) is 3.03. The van der Waals surface area contributed by atoms with E-state index in [0.29, 0.717) is 17.9 Å². The summed E-state index contributed by atoms with van der Waals surface area (Å²) in [6.07, 6.45) is 20.9. The van der Waals surface area contributed by atoms with E-state index >= 15 is 0 Å². The summed E-state index contributed by atoms with van der Waals surface area (Å²) in [5, 5.41) is 7.15. The predicted molar refractivity (Wildman–Crippen MR) is 134 cm³/mol. The van der Waals surface area contributed by atoms with Gasteiger partial charge in [-0.25, -0.2) is 0 Å². The second kappa shape index (κ2) is 12.8. The SMILES string of the molecule is c1ccc(Nc2nc(NC3CCCCCCCC3)nc(C3CCCCCCCC3)n2)cc1. The molecule has 0 atom stereocenters. The Kier molecular flexibility index (Phi) is 9.17. The summed E-state index contributed by atoms with van der Waals surface area (Å²) in [7, 11) is 0. The zero-order valence-electron chi connectivity index (χ0n) is 19.7. The Labute approximate surface area is 194 Å². The van der Waals surface area contributed by atoms with Crippen LogP contribution in [0, 0.1) is 0 Å². The van der Waals surface area contributed by atoms with Crippen LogP contribution in [-0.2, 0) is 0 Å². The summed E-state index contributed by atoms with van der Waals surface area (Å²) in [5.74, 6) is 2.85. The zero-order valence-corrected chi connectivity index (χ0v) is 19.7. The molecule has 1 heterocycles. The van der Waals surface area contributed by atoms with Gasteiger partial charge in [0, 0.05) is 17.6 Å². The van der Waals surface area contributed by atoms with Crippen molar-refractivity contribution in [2.75, 3.05) is 10.6 Å². The molecule has 1 aromatic heterocycles. The van der Waals surface area contributed by atoms with Crippen molar-refractivity contribution >= 4 is 17.6 Å². The van der Waals surface area contributed by atoms with E-state index in [9.17, 15) is 0 Å². The summed E-state index contributed by atoms with van der Waals surface area (Å²) in [4.78, 5) is 14.7. The fourth-order valence-corrected chi connectivity index (χ4v) is 5.20. The zero-order chi connectivity index (χ0) is 21.8. The van der Waals surface area contributed by atoms with Crippen LogP contribution >= 0.6 is 0 Å². The summed E-state index contributed by atoms with van der Waals surface area (Å²) in [6, 6.07) is 10.7. The highest BCUT2D eigenvalue weighted by molar-refractivity contribution is 5.53. The Morgan fingerprint density at radius 2 is 1.09 bits per heavy atom. The van der Waals surface area contributed by atoms with Crippen molar-refractivity contribution in [1.29, 1.82) is 0 Å². The number of benzene rings is 1.